The number of para-hydroxylation sites is 1. The van der Waals surface area contributed by atoms with Gasteiger partial charge in [0.2, 0.25) is 0 Å². The van der Waals surface area contributed by atoms with Crippen LogP contribution < -0.4 is 15.4 Å². The number of hydrogen-bond acceptors (Lipinski definition) is 3. The molecule has 5 heteroatoms. The lowest BCUT2D eigenvalue weighted by molar-refractivity contribution is 0.211. The Bertz CT molecular complexity index is 639. The normalized spacial score (nSPS) is 17.2. The minimum atomic E-state index is -0.432. The zero-order chi connectivity index (χ0) is 15.4. The van der Waals surface area contributed by atoms with Gasteiger partial charge in [-0.05, 0) is 11.6 Å². The van der Waals surface area contributed by atoms with Crippen molar-refractivity contribution in [2.24, 2.45) is 0 Å². The minimum absolute atomic E-state index is 0.158. The van der Waals surface area contributed by atoms with Crippen molar-refractivity contribution in [2.75, 3.05) is 13.2 Å². The highest BCUT2D eigenvalue weighted by Gasteiger charge is 2.25. The summed E-state index contributed by atoms with van der Waals surface area (Å²) in [6.45, 7) is 0.261. The lowest BCUT2D eigenvalue weighted by Gasteiger charge is -2.19. The van der Waals surface area contributed by atoms with Crippen molar-refractivity contribution < 1.29 is 14.6 Å². The number of hydrogen-bond donors (Lipinski definition) is 3. The number of benzene rings is 2. The fourth-order valence-electron chi connectivity index (χ4n) is 2.56. The summed E-state index contributed by atoms with van der Waals surface area (Å²) in [6, 6.07) is 16.1. The highest BCUT2D eigenvalue weighted by molar-refractivity contribution is 5.75. The monoisotopic (exact) mass is 298 g/mol. The molecule has 0 saturated heterocycles. The number of carbonyl (C=O) groups is 1. The Hall–Kier alpha value is -2.53. The maximum atomic E-state index is 12.2. The van der Waals surface area contributed by atoms with Gasteiger partial charge in [-0.3, -0.25) is 0 Å². The number of urea groups is 1. The van der Waals surface area contributed by atoms with Crippen molar-refractivity contribution in [3.63, 3.8) is 0 Å². The van der Waals surface area contributed by atoms with Gasteiger partial charge in [0.25, 0.3) is 0 Å². The summed E-state index contributed by atoms with van der Waals surface area (Å²) in [7, 11) is 0. The van der Waals surface area contributed by atoms with E-state index in [4.69, 9.17) is 4.74 Å². The number of rotatable bonds is 4. The first-order valence-corrected chi connectivity index (χ1v) is 7.22. The van der Waals surface area contributed by atoms with Gasteiger partial charge in [-0.1, -0.05) is 48.5 Å². The molecular formula is C17H18N2O3. The van der Waals surface area contributed by atoms with Gasteiger partial charge in [0.1, 0.15) is 12.4 Å². The van der Waals surface area contributed by atoms with E-state index in [-0.39, 0.29) is 18.7 Å². The third-order valence-electron chi connectivity index (χ3n) is 3.70. The molecule has 1 heterocycles. The van der Waals surface area contributed by atoms with Crippen LogP contribution in [0.4, 0.5) is 4.79 Å². The van der Waals surface area contributed by atoms with Gasteiger partial charge in [0.15, 0.2) is 0 Å². The Morgan fingerprint density at radius 1 is 1.18 bits per heavy atom. The van der Waals surface area contributed by atoms with E-state index in [9.17, 15) is 9.90 Å². The second kappa shape index (κ2) is 6.49. The molecule has 1 aliphatic rings. The summed E-state index contributed by atoms with van der Waals surface area (Å²) < 4.78 is 5.54. The van der Waals surface area contributed by atoms with E-state index < -0.39 is 6.04 Å². The summed E-state index contributed by atoms with van der Waals surface area (Å²) >= 11 is 0. The third kappa shape index (κ3) is 3.04. The SMILES string of the molecule is O=C(NC(CO)c1ccccc1)NC1COc2ccccc21. The molecule has 2 aromatic carbocycles. The molecule has 0 saturated carbocycles. The number of ether oxygens (including phenoxy) is 1. The first kappa shape index (κ1) is 14.4. The molecule has 1 aliphatic heterocycles. The van der Waals surface area contributed by atoms with E-state index in [1.165, 1.54) is 0 Å². The van der Waals surface area contributed by atoms with Gasteiger partial charge in [-0.2, -0.15) is 0 Å². The topological polar surface area (TPSA) is 70.6 Å². The molecule has 2 aromatic rings. The van der Waals surface area contributed by atoms with E-state index in [1.54, 1.807) is 0 Å². The highest BCUT2D eigenvalue weighted by Crippen LogP contribution is 2.31. The predicted octanol–water partition coefficient (Wildman–Crippen LogP) is 2.15. The molecule has 0 bridgehead atoms. The first-order chi connectivity index (χ1) is 10.8. The van der Waals surface area contributed by atoms with Gasteiger partial charge in [-0.25, -0.2) is 4.79 Å². The third-order valence-corrected chi connectivity index (χ3v) is 3.70. The summed E-state index contributed by atoms with van der Waals surface area (Å²) in [5.41, 5.74) is 1.83. The lowest BCUT2D eigenvalue weighted by Crippen LogP contribution is -2.41. The van der Waals surface area contributed by atoms with Gasteiger partial charge < -0.3 is 20.5 Å². The molecule has 22 heavy (non-hydrogen) atoms. The van der Waals surface area contributed by atoms with Gasteiger partial charge >= 0.3 is 6.03 Å². The largest absolute Gasteiger partial charge is 0.491 e. The summed E-state index contributed by atoms with van der Waals surface area (Å²) in [5, 5.41) is 15.1. The van der Waals surface area contributed by atoms with E-state index in [2.05, 4.69) is 10.6 Å². The lowest BCUT2D eigenvalue weighted by atomic mass is 10.1. The minimum Gasteiger partial charge on any atom is -0.491 e. The Kier molecular flexibility index (Phi) is 4.25. The van der Waals surface area contributed by atoms with Gasteiger partial charge in [0, 0.05) is 5.56 Å². The average molecular weight is 298 g/mol. The van der Waals surface area contributed by atoms with Crippen LogP contribution in [0.1, 0.15) is 23.2 Å². The number of aliphatic hydroxyl groups is 1. The van der Waals surface area contributed by atoms with Crippen molar-refractivity contribution in [3.05, 3.63) is 65.7 Å². The maximum Gasteiger partial charge on any atom is 0.315 e. The molecule has 2 unspecified atom stereocenters. The van der Waals surface area contributed by atoms with E-state index in [0.29, 0.717) is 6.61 Å². The summed E-state index contributed by atoms with van der Waals surface area (Å²) in [6.07, 6.45) is 0. The van der Waals surface area contributed by atoms with Crippen LogP contribution in [0.25, 0.3) is 0 Å². The number of carbonyl (C=O) groups excluding carboxylic acids is 1. The number of aliphatic hydroxyl groups excluding tert-OH is 1. The molecular weight excluding hydrogens is 280 g/mol. The van der Waals surface area contributed by atoms with Crippen LogP contribution in [0.2, 0.25) is 0 Å². The van der Waals surface area contributed by atoms with Crippen molar-refractivity contribution >= 4 is 6.03 Å². The maximum absolute atomic E-state index is 12.2. The summed E-state index contributed by atoms with van der Waals surface area (Å²) in [4.78, 5) is 12.2. The quantitative estimate of drug-likeness (QED) is 0.810. The standard InChI is InChI=1S/C17H18N2O3/c20-10-14(12-6-2-1-3-7-12)18-17(21)19-15-11-22-16-9-5-4-8-13(15)16/h1-9,14-15,20H,10-11H2,(H2,18,19,21). The van der Waals surface area contributed by atoms with Gasteiger partial charge in [-0.15, -0.1) is 0 Å². The second-order valence-electron chi connectivity index (χ2n) is 5.17. The molecule has 2 atom stereocenters. The molecule has 114 valence electrons. The van der Waals surface area contributed by atoms with Crippen molar-refractivity contribution in [3.8, 4) is 5.75 Å². The van der Waals surface area contributed by atoms with Crippen LogP contribution in [0.5, 0.6) is 5.75 Å². The molecule has 0 aliphatic carbocycles. The number of fused-ring (bicyclic) bond motifs is 1. The van der Waals surface area contributed by atoms with Crippen LogP contribution in [0.15, 0.2) is 54.6 Å². The average Bonchev–Trinajstić information content (AvgIpc) is 2.96. The van der Waals surface area contributed by atoms with Crippen molar-refractivity contribution in [1.29, 1.82) is 0 Å². The first-order valence-electron chi connectivity index (χ1n) is 7.22. The fraction of sp³-hybridized carbons (Fsp3) is 0.235. The number of nitrogens with one attached hydrogen (secondary N) is 2. The van der Waals surface area contributed by atoms with Crippen LogP contribution in [0.3, 0.4) is 0 Å². The Morgan fingerprint density at radius 2 is 1.91 bits per heavy atom. The van der Waals surface area contributed by atoms with Crippen LogP contribution in [0, 0.1) is 0 Å². The second-order valence-corrected chi connectivity index (χ2v) is 5.17. The predicted molar refractivity (Wildman–Crippen MR) is 82.6 cm³/mol. The van der Waals surface area contributed by atoms with E-state index >= 15 is 0 Å². The van der Waals surface area contributed by atoms with Gasteiger partial charge in [0.05, 0.1) is 18.7 Å². The highest BCUT2D eigenvalue weighted by atomic mass is 16.5. The zero-order valence-electron chi connectivity index (χ0n) is 12.0. The Labute approximate surface area is 128 Å². The van der Waals surface area contributed by atoms with Crippen LogP contribution in [-0.4, -0.2) is 24.4 Å². The molecule has 3 N–H and O–H groups in total. The Balaban J connectivity index is 1.63. The van der Waals surface area contributed by atoms with E-state index in [0.717, 1.165) is 16.9 Å². The molecule has 0 fully saturated rings. The number of amides is 2. The molecule has 0 spiro atoms. The van der Waals surface area contributed by atoms with Crippen molar-refractivity contribution in [1.82, 2.24) is 10.6 Å². The smallest absolute Gasteiger partial charge is 0.315 e. The van der Waals surface area contributed by atoms with E-state index in [1.807, 2.05) is 54.6 Å². The molecule has 2 amide bonds. The van der Waals surface area contributed by atoms with Crippen LogP contribution >= 0.6 is 0 Å². The van der Waals surface area contributed by atoms with Crippen LogP contribution in [-0.2, 0) is 0 Å². The molecule has 3 rings (SSSR count). The summed E-state index contributed by atoms with van der Waals surface area (Å²) in [5.74, 6) is 0.801. The fourth-order valence-corrected chi connectivity index (χ4v) is 2.56. The Morgan fingerprint density at radius 3 is 2.68 bits per heavy atom. The molecule has 0 radical (unpaired) electrons. The molecule has 0 aromatic heterocycles. The van der Waals surface area contributed by atoms with Crippen molar-refractivity contribution in [2.45, 2.75) is 12.1 Å². The molecule has 5 nitrogen and oxygen atoms in total. The zero-order valence-corrected chi connectivity index (χ0v) is 12.0.